The zero-order chi connectivity index (χ0) is 8.10. The second kappa shape index (κ2) is 3.99. The fourth-order valence-electron chi connectivity index (χ4n) is 1.09. The quantitative estimate of drug-likeness (QED) is 0.518. The summed E-state index contributed by atoms with van der Waals surface area (Å²) in [5.41, 5.74) is 5.17. The zero-order valence-corrected chi connectivity index (χ0v) is 6.47. The lowest BCUT2D eigenvalue weighted by molar-refractivity contribution is -0.127. The van der Waals surface area contributed by atoms with Crippen molar-refractivity contribution in [3.05, 3.63) is 0 Å². The Kier molecular flexibility index (Phi) is 2.94. The topological polar surface area (TPSA) is 46.3 Å². The zero-order valence-electron chi connectivity index (χ0n) is 6.47. The Morgan fingerprint density at radius 1 is 1.55 bits per heavy atom. The Morgan fingerprint density at radius 2 is 2.36 bits per heavy atom. The SMILES string of the molecule is NCC#CCN1CCCC1=O. The van der Waals surface area contributed by atoms with Gasteiger partial charge in [-0.2, -0.15) is 0 Å². The minimum atomic E-state index is 0.219. The molecule has 1 amide bonds. The Balaban J connectivity index is 2.31. The Hall–Kier alpha value is -1.01. The van der Waals surface area contributed by atoms with Crippen LogP contribution in [0.1, 0.15) is 12.8 Å². The van der Waals surface area contributed by atoms with Crippen LogP contribution in [0.2, 0.25) is 0 Å². The molecular formula is C8H12N2O. The van der Waals surface area contributed by atoms with E-state index in [0.717, 1.165) is 13.0 Å². The Labute approximate surface area is 66.5 Å². The molecular weight excluding hydrogens is 140 g/mol. The van der Waals surface area contributed by atoms with Crippen molar-refractivity contribution in [2.24, 2.45) is 5.73 Å². The van der Waals surface area contributed by atoms with Gasteiger partial charge in [0.05, 0.1) is 13.1 Å². The van der Waals surface area contributed by atoms with E-state index in [0.29, 0.717) is 19.5 Å². The first kappa shape index (κ1) is 8.09. The van der Waals surface area contributed by atoms with Gasteiger partial charge in [0, 0.05) is 13.0 Å². The summed E-state index contributed by atoms with van der Waals surface area (Å²) < 4.78 is 0. The molecule has 1 saturated heterocycles. The number of likely N-dealkylation sites (tertiary alicyclic amines) is 1. The van der Waals surface area contributed by atoms with Crippen LogP contribution in [-0.2, 0) is 4.79 Å². The van der Waals surface area contributed by atoms with E-state index in [2.05, 4.69) is 11.8 Å². The number of nitrogens with zero attached hydrogens (tertiary/aromatic N) is 1. The second-order valence-electron chi connectivity index (χ2n) is 2.48. The van der Waals surface area contributed by atoms with Crippen LogP contribution in [0.25, 0.3) is 0 Å². The summed E-state index contributed by atoms with van der Waals surface area (Å²) in [4.78, 5) is 12.8. The average molecular weight is 152 g/mol. The summed E-state index contributed by atoms with van der Waals surface area (Å²) in [5.74, 6) is 5.79. The van der Waals surface area contributed by atoms with Crippen LogP contribution in [-0.4, -0.2) is 30.4 Å². The average Bonchev–Trinajstić information content (AvgIpc) is 2.37. The van der Waals surface area contributed by atoms with Crippen molar-refractivity contribution in [3.63, 3.8) is 0 Å². The largest absolute Gasteiger partial charge is 0.332 e. The molecule has 1 aliphatic rings. The molecule has 0 radical (unpaired) electrons. The van der Waals surface area contributed by atoms with E-state index in [1.54, 1.807) is 4.90 Å². The fourth-order valence-corrected chi connectivity index (χ4v) is 1.09. The lowest BCUT2D eigenvalue weighted by atomic mass is 10.4. The molecule has 11 heavy (non-hydrogen) atoms. The summed E-state index contributed by atoms with van der Waals surface area (Å²) in [6, 6.07) is 0. The van der Waals surface area contributed by atoms with Crippen LogP contribution in [0, 0.1) is 11.8 Å². The Morgan fingerprint density at radius 3 is 2.91 bits per heavy atom. The van der Waals surface area contributed by atoms with E-state index in [9.17, 15) is 4.79 Å². The fraction of sp³-hybridized carbons (Fsp3) is 0.625. The third-order valence-electron chi connectivity index (χ3n) is 1.67. The molecule has 0 atom stereocenters. The summed E-state index contributed by atoms with van der Waals surface area (Å²) in [5, 5.41) is 0. The van der Waals surface area contributed by atoms with Crippen molar-refractivity contribution in [1.29, 1.82) is 0 Å². The van der Waals surface area contributed by atoms with E-state index >= 15 is 0 Å². The third-order valence-corrected chi connectivity index (χ3v) is 1.67. The molecule has 0 bridgehead atoms. The summed E-state index contributed by atoms with van der Waals surface area (Å²) in [6.45, 7) is 1.79. The summed E-state index contributed by atoms with van der Waals surface area (Å²) >= 11 is 0. The predicted molar refractivity (Wildman–Crippen MR) is 42.6 cm³/mol. The van der Waals surface area contributed by atoms with Gasteiger partial charge in [0.25, 0.3) is 0 Å². The van der Waals surface area contributed by atoms with Crippen LogP contribution in [0.3, 0.4) is 0 Å². The minimum absolute atomic E-state index is 0.219. The highest BCUT2D eigenvalue weighted by atomic mass is 16.2. The molecule has 0 aromatic carbocycles. The van der Waals surface area contributed by atoms with Crippen LogP contribution in [0.15, 0.2) is 0 Å². The van der Waals surface area contributed by atoms with Gasteiger partial charge >= 0.3 is 0 Å². The van der Waals surface area contributed by atoms with Crippen LogP contribution >= 0.6 is 0 Å². The maximum absolute atomic E-state index is 11.0. The van der Waals surface area contributed by atoms with Gasteiger partial charge < -0.3 is 10.6 Å². The van der Waals surface area contributed by atoms with Gasteiger partial charge in [0.2, 0.25) is 5.91 Å². The molecule has 0 aromatic rings. The number of amides is 1. The van der Waals surface area contributed by atoms with Crippen LogP contribution in [0.4, 0.5) is 0 Å². The Bertz CT molecular complexity index is 202. The van der Waals surface area contributed by atoms with Gasteiger partial charge in [-0.1, -0.05) is 11.8 Å². The van der Waals surface area contributed by atoms with E-state index in [-0.39, 0.29) is 5.91 Å². The van der Waals surface area contributed by atoms with Gasteiger partial charge in [-0.3, -0.25) is 4.79 Å². The number of rotatable bonds is 1. The van der Waals surface area contributed by atoms with Gasteiger partial charge in [0.15, 0.2) is 0 Å². The molecule has 0 aliphatic carbocycles. The first-order chi connectivity index (χ1) is 5.34. The number of hydrogen-bond donors (Lipinski definition) is 1. The number of carbonyl (C=O) groups is 1. The highest BCUT2D eigenvalue weighted by molar-refractivity contribution is 5.78. The lowest BCUT2D eigenvalue weighted by Gasteiger charge is -2.09. The molecule has 1 fully saturated rings. The molecule has 0 aromatic heterocycles. The smallest absolute Gasteiger partial charge is 0.223 e. The minimum Gasteiger partial charge on any atom is -0.332 e. The van der Waals surface area contributed by atoms with Crippen molar-refractivity contribution < 1.29 is 4.79 Å². The predicted octanol–water partition coefficient (Wildman–Crippen LogP) is -0.429. The van der Waals surface area contributed by atoms with E-state index in [1.807, 2.05) is 0 Å². The normalized spacial score (nSPS) is 16.5. The summed E-state index contributed by atoms with van der Waals surface area (Å²) in [6.07, 6.45) is 1.66. The van der Waals surface area contributed by atoms with Gasteiger partial charge in [0.1, 0.15) is 0 Å². The molecule has 1 aliphatic heterocycles. The van der Waals surface area contributed by atoms with Crippen molar-refractivity contribution in [2.75, 3.05) is 19.6 Å². The highest BCUT2D eigenvalue weighted by Gasteiger charge is 2.18. The van der Waals surface area contributed by atoms with E-state index in [4.69, 9.17) is 5.73 Å². The van der Waals surface area contributed by atoms with Gasteiger partial charge in [-0.05, 0) is 6.42 Å². The summed E-state index contributed by atoms with van der Waals surface area (Å²) in [7, 11) is 0. The van der Waals surface area contributed by atoms with E-state index < -0.39 is 0 Å². The van der Waals surface area contributed by atoms with Crippen molar-refractivity contribution in [3.8, 4) is 11.8 Å². The standard InChI is InChI=1S/C8H12N2O/c9-5-1-2-6-10-7-3-4-8(10)11/h3-7,9H2. The molecule has 1 heterocycles. The van der Waals surface area contributed by atoms with Gasteiger partial charge in [-0.15, -0.1) is 0 Å². The third kappa shape index (κ3) is 2.24. The molecule has 0 spiro atoms. The number of hydrogen-bond acceptors (Lipinski definition) is 2. The van der Waals surface area contributed by atoms with Crippen molar-refractivity contribution in [1.82, 2.24) is 4.90 Å². The van der Waals surface area contributed by atoms with Crippen molar-refractivity contribution in [2.45, 2.75) is 12.8 Å². The first-order valence-corrected chi connectivity index (χ1v) is 3.78. The number of carbonyl (C=O) groups excluding carboxylic acids is 1. The molecule has 3 heteroatoms. The monoisotopic (exact) mass is 152 g/mol. The second-order valence-corrected chi connectivity index (χ2v) is 2.48. The number of nitrogens with two attached hydrogens (primary N) is 1. The lowest BCUT2D eigenvalue weighted by Crippen LogP contribution is -2.24. The van der Waals surface area contributed by atoms with Crippen LogP contribution in [0.5, 0.6) is 0 Å². The molecule has 2 N–H and O–H groups in total. The van der Waals surface area contributed by atoms with Crippen LogP contribution < -0.4 is 5.73 Å². The first-order valence-electron chi connectivity index (χ1n) is 3.78. The molecule has 3 nitrogen and oxygen atoms in total. The van der Waals surface area contributed by atoms with E-state index in [1.165, 1.54) is 0 Å². The maximum Gasteiger partial charge on any atom is 0.223 e. The maximum atomic E-state index is 11.0. The molecule has 0 saturated carbocycles. The van der Waals surface area contributed by atoms with Gasteiger partial charge in [-0.25, -0.2) is 0 Å². The molecule has 0 unspecified atom stereocenters. The van der Waals surface area contributed by atoms with Crippen molar-refractivity contribution >= 4 is 5.91 Å². The molecule has 1 rings (SSSR count). The highest BCUT2D eigenvalue weighted by Crippen LogP contribution is 2.07. The molecule has 60 valence electrons.